The first kappa shape index (κ1) is 45.8. The summed E-state index contributed by atoms with van der Waals surface area (Å²) in [7, 11) is 3.42. The standard InChI is InChI=1S/C57H36N6.2C4H7N/c1-3-9-36(10-4-1)42-26-44(34-58-32-42)38-17-21-52-50(28-38)56-54(13-7-23-60-56)62(52)46-19-15-40-25-41-16-20-47(31-49(41)48(40)30-46)63-53-22-18-39(29-51(53)57-55(63)14-8-24-61-57)45-27-43(33-59-35-45)37-11-5-2-6-12-37;2*1-3-4-5-2/h1-24,26-35H,25H2;2*3-4H,1H2,2H3. The number of rotatable bonds is 8. The van der Waals surface area contributed by atoms with Gasteiger partial charge in [-0.15, -0.1) is 0 Å². The minimum atomic E-state index is 0.896. The van der Waals surface area contributed by atoms with Gasteiger partial charge in [-0.25, -0.2) is 0 Å². The molecule has 0 saturated heterocycles. The van der Waals surface area contributed by atoms with E-state index in [0.717, 1.165) is 106 Å². The number of pyridine rings is 4. The second kappa shape index (κ2) is 20.4. The van der Waals surface area contributed by atoms with Crippen molar-refractivity contribution in [3.8, 4) is 67.0 Å². The Morgan fingerprint density at radius 1 is 0.411 bits per heavy atom. The molecule has 0 unspecified atom stereocenters. The van der Waals surface area contributed by atoms with Crippen LogP contribution in [0.2, 0.25) is 0 Å². The second-order valence-corrected chi connectivity index (χ2v) is 17.7. The number of fused-ring (bicyclic) bond motifs is 9. The molecule has 0 N–H and O–H groups in total. The smallest absolute Gasteiger partial charge is 0.0963 e. The summed E-state index contributed by atoms with van der Waals surface area (Å²) in [6.45, 7) is 6.80. The van der Waals surface area contributed by atoms with Gasteiger partial charge in [0.05, 0.1) is 33.1 Å². The molecule has 6 aromatic carbocycles. The van der Waals surface area contributed by atoms with Crippen molar-refractivity contribution in [3.63, 3.8) is 0 Å². The van der Waals surface area contributed by atoms with E-state index in [-0.39, 0.29) is 0 Å². The molecule has 6 aromatic heterocycles. The molecule has 12 aromatic rings. The highest BCUT2D eigenvalue weighted by atomic mass is 15.0. The molecule has 13 rings (SSSR count). The lowest BCUT2D eigenvalue weighted by molar-refractivity contribution is 1.16. The molecule has 1 aliphatic carbocycles. The maximum Gasteiger partial charge on any atom is 0.0963 e. The molecule has 8 heteroatoms. The summed E-state index contributed by atoms with van der Waals surface area (Å²) in [5.41, 5.74) is 22.6. The van der Waals surface area contributed by atoms with Crippen molar-refractivity contribution in [2.24, 2.45) is 9.98 Å². The number of nitrogens with zero attached hydrogens (tertiary/aromatic N) is 8. The number of aromatic nitrogens is 6. The zero-order valence-corrected chi connectivity index (χ0v) is 40.6. The van der Waals surface area contributed by atoms with E-state index in [9.17, 15) is 0 Å². The monoisotopic (exact) mass is 942 g/mol. The van der Waals surface area contributed by atoms with Gasteiger partial charge in [0.25, 0.3) is 0 Å². The van der Waals surface area contributed by atoms with Crippen LogP contribution in [0, 0.1) is 0 Å². The molecular weight excluding hydrogens is 893 g/mol. The summed E-state index contributed by atoms with van der Waals surface area (Å²) >= 11 is 0. The lowest BCUT2D eigenvalue weighted by Crippen LogP contribution is -1.96. The van der Waals surface area contributed by atoms with Crippen LogP contribution in [0.25, 0.3) is 111 Å². The normalized spacial score (nSPS) is 11.6. The molecule has 0 amide bonds. The number of allylic oxidation sites excluding steroid dienone is 2. The van der Waals surface area contributed by atoms with Crippen molar-refractivity contribution < 1.29 is 0 Å². The Hall–Kier alpha value is -9.66. The third kappa shape index (κ3) is 8.83. The number of hydrogen-bond donors (Lipinski definition) is 0. The Kier molecular flexibility index (Phi) is 12.8. The van der Waals surface area contributed by atoms with Crippen LogP contribution in [-0.2, 0) is 6.42 Å². The van der Waals surface area contributed by atoms with Crippen molar-refractivity contribution in [2.45, 2.75) is 6.42 Å². The highest BCUT2D eigenvalue weighted by Crippen LogP contribution is 2.43. The zero-order valence-electron chi connectivity index (χ0n) is 40.6. The van der Waals surface area contributed by atoms with Gasteiger partial charge in [0, 0.05) is 108 Å². The van der Waals surface area contributed by atoms with Crippen LogP contribution in [0.1, 0.15) is 11.1 Å². The van der Waals surface area contributed by atoms with Crippen LogP contribution in [0.15, 0.2) is 242 Å². The first-order chi connectivity index (χ1) is 36.0. The van der Waals surface area contributed by atoms with Crippen LogP contribution in [-0.4, -0.2) is 55.6 Å². The van der Waals surface area contributed by atoms with Gasteiger partial charge >= 0.3 is 0 Å². The Morgan fingerprint density at radius 2 is 0.836 bits per heavy atom. The Balaban J connectivity index is 0.000000527. The summed E-state index contributed by atoms with van der Waals surface area (Å²) < 4.78 is 4.73. The minimum Gasteiger partial charge on any atom is -0.308 e. The molecular formula is C65H50N8. The molecule has 8 nitrogen and oxygen atoms in total. The predicted molar refractivity (Wildman–Crippen MR) is 306 cm³/mol. The first-order valence-corrected chi connectivity index (χ1v) is 24.2. The Morgan fingerprint density at radius 3 is 1.23 bits per heavy atom. The van der Waals surface area contributed by atoms with Gasteiger partial charge in [0.2, 0.25) is 0 Å². The fourth-order valence-electron chi connectivity index (χ4n) is 9.99. The molecule has 0 spiro atoms. The molecule has 350 valence electrons. The van der Waals surface area contributed by atoms with E-state index >= 15 is 0 Å². The third-order valence-electron chi connectivity index (χ3n) is 13.3. The number of hydrogen-bond acceptors (Lipinski definition) is 6. The molecule has 73 heavy (non-hydrogen) atoms. The van der Waals surface area contributed by atoms with Crippen molar-refractivity contribution in [1.29, 1.82) is 0 Å². The third-order valence-corrected chi connectivity index (χ3v) is 13.3. The lowest BCUT2D eigenvalue weighted by Gasteiger charge is -2.13. The van der Waals surface area contributed by atoms with Crippen LogP contribution < -0.4 is 0 Å². The topological polar surface area (TPSA) is 86.1 Å². The first-order valence-electron chi connectivity index (χ1n) is 24.2. The Bertz CT molecular complexity index is 3800. The van der Waals surface area contributed by atoms with Crippen LogP contribution in [0.5, 0.6) is 0 Å². The molecule has 0 fully saturated rings. The minimum absolute atomic E-state index is 0.896. The lowest BCUT2D eigenvalue weighted by atomic mass is 10.0. The zero-order chi connectivity index (χ0) is 49.7. The van der Waals surface area contributed by atoms with Gasteiger partial charge in [-0.3, -0.25) is 29.9 Å². The van der Waals surface area contributed by atoms with Gasteiger partial charge in [0.1, 0.15) is 0 Å². The van der Waals surface area contributed by atoms with Crippen LogP contribution in [0.3, 0.4) is 0 Å². The van der Waals surface area contributed by atoms with Gasteiger partial charge in [0.15, 0.2) is 0 Å². The summed E-state index contributed by atoms with van der Waals surface area (Å²) in [4.78, 5) is 26.4. The van der Waals surface area contributed by atoms with Gasteiger partial charge in [-0.1, -0.05) is 110 Å². The number of benzene rings is 6. The summed E-state index contributed by atoms with van der Waals surface area (Å²) in [6.07, 6.45) is 19.0. The Labute approximate surface area is 424 Å². The van der Waals surface area contributed by atoms with Gasteiger partial charge in [-0.05, 0) is 136 Å². The quantitative estimate of drug-likeness (QED) is 0.142. The SMILES string of the molecule is C=CC=NC.C=CC=NC.c1ccc(-c2cncc(-c3ccc4c(c3)c3ncccc3n4-c3ccc4c(c3)-c3cc(-n5c6ccc(-c7cncc(-c8ccccc8)c7)cc6c6ncccc65)ccc3C4)c2)cc1. The second-order valence-electron chi connectivity index (χ2n) is 17.7. The van der Waals surface area contributed by atoms with Crippen molar-refractivity contribution >= 4 is 56.3 Å². The van der Waals surface area contributed by atoms with E-state index in [1.54, 1.807) is 38.7 Å². The van der Waals surface area contributed by atoms with Crippen molar-refractivity contribution in [3.05, 3.63) is 243 Å². The van der Waals surface area contributed by atoms with E-state index in [0.29, 0.717) is 0 Å². The molecule has 0 aliphatic heterocycles. The van der Waals surface area contributed by atoms with Crippen LogP contribution in [0.4, 0.5) is 0 Å². The van der Waals surface area contributed by atoms with E-state index < -0.39 is 0 Å². The fourth-order valence-corrected chi connectivity index (χ4v) is 9.99. The predicted octanol–water partition coefficient (Wildman–Crippen LogP) is 15.4. The maximum atomic E-state index is 4.95. The number of aliphatic imine (C=N–C) groups is 2. The van der Waals surface area contributed by atoms with Crippen molar-refractivity contribution in [2.75, 3.05) is 14.1 Å². The van der Waals surface area contributed by atoms with E-state index in [2.05, 4.69) is 188 Å². The van der Waals surface area contributed by atoms with E-state index in [1.807, 2.05) is 61.4 Å². The average molecular weight is 943 g/mol. The molecule has 1 aliphatic rings. The molecule has 0 bridgehead atoms. The van der Waals surface area contributed by atoms with Gasteiger partial charge < -0.3 is 9.13 Å². The largest absolute Gasteiger partial charge is 0.308 e. The highest BCUT2D eigenvalue weighted by Gasteiger charge is 2.23. The summed E-state index contributed by atoms with van der Waals surface area (Å²) in [6, 6.07) is 61.0. The maximum absolute atomic E-state index is 4.95. The van der Waals surface area contributed by atoms with E-state index in [4.69, 9.17) is 9.97 Å². The summed E-state index contributed by atoms with van der Waals surface area (Å²) in [5, 5.41) is 2.22. The van der Waals surface area contributed by atoms with Crippen molar-refractivity contribution in [1.82, 2.24) is 29.1 Å². The molecule has 0 atom stereocenters. The highest BCUT2D eigenvalue weighted by molar-refractivity contribution is 6.10. The van der Waals surface area contributed by atoms with E-state index in [1.165, 1.54) is 22.3 Å². The van der Waals surface area contributed by atoms with Crippen LogP contribution >= 0.6 is 0 Å². The van der Waals surface area contributed by atoms with Gasteiger partial charge in [-0.2, -0.15) is 0 Å². The summed E-state index contributed by atoms with van der Waals surface area (Å²) in [5.74, 6) is 0. The average Bonchev–Trinajstić information content (AvgIpc) is 4.11. The fraction of sp³-hybridized carbons (Fsp3) is 0.0462. The molecule has 6 heterocycles. The molecule has 0 saturated carbocycles. The molecule has 0 radical (unpaired) electrons.